The van der Waals surface area contributed by atoms with Gasteiger partial charge in [-0.2, -0.15) is 0 Å². The second-order valence-electron chi connectivity index (χ2n) is 3.72. The first-order valence-electron chi connectivity index (χ1n) is 6.24. The fraction of sp³-hybridized carbons (Fsp3) is 1.00. The van der Waals surface area contributed by atoms with Crippen molar-refractivity contribution < 1.29 is 14.2 Å². The lowest BCUT2D eigenvalue weighted by Crippen LogP contribution is -2.33. The van der Waals surface area contributed by atoms with Crippen molar-refractivity contribution in [3.63, 3.8) is 0 Å². The maximum atomic E-state index is 5.65. The van der Waals surface area contributed by atoms with Crippen LogP contribution in [0, 0.1) is 0 Å². The van der Waals surface area contributed by atoms with E-state index in [2.05, 4.69) is 19.2 Å². The molecular formula is C12H27NO3. The third-order valence-electron chi connectivity index (χ3n) is 2.20. The minimum absolute atomic E-state index is 0.125. The number of hydrogen-bond acceptors (Lipinski definition) is 4. The Balaban J connectivity index is 3.36. The Kier molecular flexibility index (Phi) is 12.8. The molecule has 0 bridgehead atoms. The molecular weight excluding hydrogens is 206 g/mol. The maximum Gasteiger partial charge on any atom is 0.0933 e. The topological polar surface area (TPSA) is 39.7 Å². The summed E-state index contributed by atoms with van der Waals surface area (Å²) in [7, 11) is 1.69. The van der Waals surface area contributed by atoms with Crippen molar-refractivity contribution in [2.75, 3.05) is 46.6 Å². The van der Waals surface area contributed by atoms with Crippen LogP contribution in [0.15, 0.2) is 0 Å². The Bertz CT molecular complexity index is 133. The highest BCUT2D eigenvalue weighted by atomic mass is 16.5. The molecule has 0 aromatic heterocycles. The molecule has 0 radical (unpaired) electrons. The first-order valence-corrected chi connectivity index (χ1v) is 6.24. The molecule has 0 aliphatic rings. The number of nitrogens with one attached hydrogen (secondary N) is 1. The molecule has 0 saturated carbocycles. The number of methoxy groups -OCH3 is 1. The van der Waals surface area contributed by atoms with Crippen LogP contribution in [-0.4, -0.2) is 52.7 Å². The van der Waals surface area contributed by atoms with Crippen LogP contribution in [0.25, 0.3) is 0 Å². The van der Waals surface area contributed by atoms with Crippen LogP contribution in [0.5, 0.6) is 0 Å². The first-order chi connectivity index (χ1) is 7.85. The number of likely N-dealkylation sites (N-methyl/N-ethyl adjacent to an activating group) is 1. The predicted molar refractivity (Wildman–Crippen MR) is 65.9 cm³/mol. The summed E-state index contributed by atoms with van der Waals surface area (Å²) in [6, 6.07) is 0. The lowest BCUT2D eigenvalue weighted by molar-refractivity contribution is -0.0273. The molecule has 0 fully saturated rings. The molecule has 0 aliphatic heterocycles. The Morgan fingerprint density at radius 3 is 2.56 bits per heavy atom. The van der Waals surface area contributed by atoms with Gasteiger partial charge in [-0.05, 0) is 13.0 Å². The third kappa shape index (κ3) is 10.4. The zero-order valence-corrected chi connectivity index (χ0v) is 11.0. The van der Waals surface area contributed by atoms with Gasteiger partial charge in [0.15, 0.2) is 0 Å². The third-order valence-corrected chi connectivity index (χ3v) is 2.20. The van der Waals surface area contributed by atoms with E-state index in [4.69, 9.17) is 14.2 Å². The zero-order chi connectivity index (χ0) is 12.1. The van der Waals surface area contributed by atoms with Crippen LogP contribution in [0.4, 0.5) is 0 Å². The summed E-state index contributed by atoms with van der Waals surface area (Å²) in [6.45, 7) is 8.80. The SMILES string of the molecule is CCCCOCCOC(CNCC)COC. The van der Waals surface area contributed by atoms with Crippen molar-refractivity contribution in [1.29, 1.82) is 0 Å². The van der Waals surface area contributed by atoms with Gasteiger partial charge in [0.1, 0.15) is 0 Å². The smallest absolute Gasteiger partial charge is 0.0933 e. The van der Waals surface area contributed by atoms with E-state index in [1.54, 1.807) is 7.11 Å². The van der Waals surface area contributed by atoms with Crippen LogP contribution in [-0.2, 0) is 14.2 Å². The molecule has 1 unspecified atom stereocenters. The van der Waals surface area contributed by atoms with Gasteiger partial charge >= 0.3 is 0 Å². The fourth-order valence-electron chi connectivity index (χ4n) is 1.28. The molecule has 4 heteroatoms. The summed E-state index contributed by atoms with van der Waals surface area (Å²) >= 11 is 0. The van der Waals surface area contributed by atoms with Gasteiger partial charge in [0, 0.05) is 20.3 Å². The predicted octanol–water partition coefficient (Wildman–Crippen LogP) is 1.44. The van der Waals surface area contributed by atoms with Crippen LogP contribution in [0.2, 0.25) is 0 Å². The lowest BCUT2D eigenvalue weighted by Gasteiger charge is -2.17. The Morgan fingerprint density at radius 2 is 1.94 bits per heavy atom. The summed E-state index contributed by atoms with van der Waals surface area (Å²) in [5, 5.41) is 3.25. The van der Waals surface area contributed by atoms with Gasteiger partial charge in [0.25, 0.3) is 0 Å². The van der Waals surface area contributed by atoms with Crippen molar-refractivity contribution in [3.8, 4) is 0 Å². The number of hydrogen-bond donors (Lipinski definition) is 1. The van der Waals surface area contributed by atoms with E-state index >= 15 is 0 Å². The number of rotatable bonds is 12. The normalized spacial score (nSPS) is 12.9. The maximum absolute atomic E-state index is 5.65. The summed E-state index contributed by atoms with van der Waals surface area (Å²) in [4.78, 5) is 0. The quantitative estimate of drug-likeness (QED) is 0.518. The van der Waals surface area contributed by atoms with Gasteiger partial charge in [-0.3, -0.25) is 0 Å². The standard InChI is InChI=1S/C12H27NO3/c1-4-6-7-15-8-9-16-12(11-14-3)10-13-5-2/h12-13H,4-11H2,1-3H3. The molecule has 1 atom stereocenters. The molecule has 0 aromatic rings. The highest BCUT2D eigenvalue weighted by molar-refractivity contribution is 4.59. The molecule has 0 saturated heterocycles. The molecule has 0 aliphatic carbocycles. The fourth-order valence-corrected chi connectivity index (χ4v) is 1.28. The summed E-state index contributed by atoms with van der Waals surface area (Å²) < 4.78 is 16.2. The molecule has 98 valence electrons. The molecule has 0 aromatic carbocycles. The molecule has 4 nitrogen and oxygen atoms in total. The second kappa shape index (κ2) is 12.9. The van der Waals surface area contributed by atoms with Crippen molar-refractivity contribution in [2.24, 2.45) is 0 Å². The summed E-state index contributed by atoms with van der Waals surface area (Å²) in [5.41, 5.74) is 0. The minimum Gasteiger partial charge on any atom is -0.382 e. The van der Waals surface area contributed by atoms with Gasteiger partial charge in [0.05, 0.1) is 25.9 Å². The van der Waals surface area contributed by atoms with E-state index in [1.807, 2.05) is 0 Å². The van der Waals surface area contributed by atoms with Gasteiger partial charge in [-0.25, -0.2) is 0 Å². The highest BCUT2D eigenvalue weighted by Gasteiger charge is 2.07. The largest absolute Gasteiger partial charge is 0.382 e. The van der Waals surface area contributed by atoms with Crippen LogP contribution < -0.4 is 5.32 Å². The van der Waals surface area contributed by atoms with Gasteiger partial charge in [-0.1, -0.05) is 20.3 Å². The van der Waals surface area contributed by atoms with E-state index in [1.165, 1.54) is 6.42 Å². The Labute approximate surface area is 99.6 Å². The monoisotopic (exact) mass is 233 g/mol. The molecule has 0 heterocycles. The van der Waals surface area contributed by atoms with E-state index < -0.39 is 0 Å². The van der Waals surface area contributed by atoms with E-state index in [-0.39, 0.29) is 6.10 Å². The summed E-state index contributed by atoms with van der Waals surface area (Å²) in [5.74, 6) is 0. The Hall–Kier alpha value is -0.160. The minimum atomic E-state index is 0.125. The van der Waals surface area contributed by atoms with E-state index in [0.717, 1.165) is 26.1 Å². The average Bonchev–Trinajstić information content (AvgIpc) is 2.30. The molecule has 0 spiro atoms. The zero-order valence-electron chi connectivity index (χ0n) is 11.0. The number of unbranched alkanes of at least 4 members (excludes halogenated alkanes) is 1. The van der Waals surface area contributed by atoms with Crippen LogP contribution >= 0.6 is 0 Å². The highest BCUT2D eigenvalue weighted by Crippen LogP contribution is 1.93. The first kappa shape index (κ1) is 15.8. The van der Waals surface area contributed by atoms with E-state index in [9.17, 15) is 0 Å². The van der Waals surface area contributed by atoms with Crippen LogP contribution in [0.1, 0.15) is 26.7 Å². The number of ether oxygens (including phenoxy) is 3. The second-order valence-corrected chi connectivity index (χ2v) is 3.72. The van der Waals surface area contributed by atoms with Gasteiger partial charge in [-0.15, -0.1) is 0 Å². The van der Waals surface area contributed by atoms with Crippen molar-refractivity contribution in [2.45, 2.75) is 32.8 Å². The summed E-state index contributed by atoms with van der Waals surface area (Å²) in [6.07, 6.45) is 2.42. The molecule has 0 amide bonds. The van der Waals surface area contributed by atoms with Crippen molar-refractivity contribution in [3.05, 3.63) is 0 Å². The Morgan fingerprint density at radius 1 is 1.12 bits per heavy atom. The van der Waals surface area contributed by atoms with Crippen molar-refractivity contribution >= 4 is 0 Å². The molecule has 1 N–H and O–H groups in total. The molecule has 16 heavy (non-hydrogen) atoms. The lowest BCUT2D eigenvalue weighted by atomic mass is 10.3. The van der Waals surface area contributed by atoms with E-state index in [0.29, 0.717) is 19.8 Å². The average molecular weight is 233 g/mol. The van der Waals surface area contributed by atoms with Crippen LogP contribution in [0.3, 0.4) is 0 Å². The van der Waals surface area contributed by atoms with Crippen molar-refractivity contribution in [1.82, 2.24) is 5.32 Å². The van der Waals surface area contributed by atoms with Gasteiger partial charge < -0.3 is 19.5 Å². The molecule has 0 rings (SSSR count). The van der Waals surface area contributed by atoms with Gasteiger partial charge in [0.2, 0.25) is 0 Å².